The maximum absolute atomic E-state index is 12.7. The normalized spacial score (nSPS) is 17.6. The van der Waals surface area contributed by atoms with Crippen LogP contribution in [0.4, 0.5) is 4.79 Å². The molecule has 2 heterocycles. The third kappa shape index (κ3) is 5.80. The number of benzene rings is 1. The van der Waals surface area contributed by atoms with E-state index >= 15 is 0 Å². The monoisotopic (exact) mass is 464 g/mol. The first-order chi connectivity index (χ1) is 15.4. The van der Waals surface area contributed by atoms with Crippen LogP contribution in [0.15, 0.2) is 23.1 Å². The van der Waals surface area contributed by atoms with Gasteiger partial charge in [0, 0.05) is 13.1 Å². The van der Waals surface area contributed by atoms with Crippen molar-refractivity contribution in [2.24, 2.45) is 0 Å². The molecule has 3 rings (SSSR count). The number of thioether (sulfide) groups is 1. The molecule has 11 heteroatoms. The van der Waals surface area contributed by atoms with Crippen molar-refractivity contribution >= 4 is 40.9 Å². The fourth-order valence-electron chi connectivity index (χ4n) is 3.07. The Morgan fingerprint density at radius 1 is 1.19 bits per heavy atom. The molecular formula is C21H24N2O8S. The molecule has 3 amide bonds. The largest absolute Gasteiger partial charge is 0.493 e. The summed E-state index contributed by atoms with van der Waals surface area (Å²) in [5.41, 5.74) is 0.565. The number of morpholine rings is 1. The molecule has 0 radical (unpaired) electrons. The lowest BCUT2D eigenvalue weighted by molar-refractivity contribution is -0.145. The number of rotatable bonds is 8. The van der Waals surface area contributed by atoms with E-state index in [1.165, 1.54) is 13.2 Å². The second kappa shape index (κ2) is 11.0. The number of amides is 3. The molecule has 32 heavy (non-hydrogen) atoms. The van der Waals surface area contributed by atoms with Crippen LogP contribution in [0.5, 0.6) is 11.5 Å². The molecule has 0 bridgehead atoms. The summed E-state index contributed by atoms with van der Waals surface area (Å²) in [7, 11) is 1.46. The molecule has 0 atom stereocenters. The number of hydrogen-bond acceptors (Lipinski definition) is 9. The predicted molar refractivity (Wildman–Crippen MR) is 115 cm³/mol. The highest BCUT2D eigenvalue weighted by molar-refractivity contribution is 8.18. The van der Waals surface area contributed by atoms with Gasteiger partial charge in [0.25, 0.3) is 11.1 Å². The van der Waals surface area contributed by atoms with Gasteiger partial charge >= 0.3 is 5.97 Å². The van der Waals surface area contributed by atoms with Gasteiger partial charge in [0.05, 0.1) is 31.8 Å². The lowest BCUT2D eigenvalue weighted by Gasteiger charge is -2.28. The summed E-state index contributed by atoms with van der Waals surface area (Å²) >= 11 is 0.763. The summed E-state index contributed by atoms with van der Waals surface area (Å²) in [5.74, 6) is -0.667. The third-order valence-corrected chi connectivity index (χ3v) is 5.57. The summed E-state index contributed by atoms with van der Waals surface area (Å²) in [6, 6.07) is 4.90. The highest BCUT2D eigenvalue weighted by Crippen LogP contribution is 2.34. The second-order valence-corrected chi connectivity index (χ2v) is 7.76. The maximum Gasteiger partial charge on any atom is 0.344 e. The highest BCUT2D eigenvalue weighted by Gasteiger charge is 2.37. The molecule has 10 nitrogen and oxygen atoms in total. The van der Waals surface area contributed by atoms with Crippen LogP contribution in [0.25, 0.3) is 6.08 Å². The van der Waals surface area contributed by atoms with Crippen molar-refractivity contribution in [3.05, 3.63) is 28.7 Å². The minimum absolute atomic E-state index is 0.186. The molecule has 172 valence electrons. The van der Waals surface area contributed by atoms with E-state index in [4.69, 9.17) is 18.9 Å². The van der Waals surface area contributed by atoms with E-state index < -0.39 is 17.1 Å². The first-order valence-electron chi connectivity index (χ1n) is 10.00. The van der Waals surface area contributed by atoms with Crippen LogP contribution in [0, 0.1) is 0 Å². The van der Waals surface area contributed by atoms with Crippen molar-refractivity contribution in [1.29, 1.82) is 0 Å². The van der Waals surface area contributed by atoms with Gasteiger partial charge in [0.2, 0.25) is 5.91 Å². The van der Waals surface area contributed by atoms with Gasteiger partial charge in [-0.3, -0.25) is 19.3 Å². The first kappa shape index (κ1) is 23.6. The molecule has 0 spiro atoms. The van der Waals surface area contributed by atoms with Crippen LogP contribution in [0.2, 0.25) is 0 Å². The minimum Gasteiger partial charge on any atom is -0.493 e. The molecule has 2 saturated heterocycles. The van der Waals surface area contributed by atoms with Gasteiger partial charge in [-0.1, -0.05) is 6.07 Å². The number of ether oxygens (including phenoxy) is 4. The van der Waals surface area contributed by atoms with Gasteiger partial charge in [-0.25, -0.2) is 4.79 Å². The van der Waals surface area contributed by atoms with Crippen LogP contribution in [0.1, 0.15) is 12.5 Å². The maximum atomic E-state index is 12.7. The third-order valence-electron chi connectivity index (χ3n) is 4.67. The number of esters is 1. The van der Waals surface area contributed by atoms with Crippen molar-refractivity contribution in [3.63, 3.8) is 0 Å². The molecule has 1 aromatic carbocycles. The Labute approximate surface area is 189 Å². The Morgan fingerprint density at radius 2 is 1.94 bits per heavy atom. The van der Waals surface area contributed by atoms with Crippen LogP contribution in [0.3, 0.4) is 0 Å². The zero-order chi connectivity index (χ0) is 23.1. The van der Waals surface area contributed by atoms with Gasteiger partial charge in [-0.15, -0.1) is 0 Å². The molecule has 1 aromatic rings. The Morgan fingerprint density at radius 3 is 2.62 bits per heavy atom. The smallest absolute Gasteiger partial charge is 0.344 e. The van der Waals surface area contributed by atoms with Gasteiger partial charge in [-0.05, 0) is 42.5 Å². The van der Waals surface area contributed by atoms with Crippen molar-refractivity contribution in [2.75, 3.05) is 53.2 Å². The van der Waals surface area contributed by atoms with E-state index in [2.05, 4.69) is 0 Å². The summed E-state index contributed by atoms with van der Waals surface area (Å²) < 4.78 is 20.8. The topological polar surface area (TPSA) is 112 Å². The van der Waals surface area contributed by atoms with Crippen molar-refractivity contribution < 1.29 is 38.1 Å². The van der Waals surface area contributed by atoms with Gasteiger partial charge < -0.3 is 23.8 Å². The second-order valence-electron chi connectivity index (χ2n) is 6.77. The Bertz CT molecular complexity index is 926. The zero-order valence-corrected chi connectivity index (χ0v) is 18.6. The molecule has 0 unspecified atom stereocenters. The highest BCUT2D eigenvalue weighted by atomic mass is 32.2. The molecule has 0 aliphatic carbocycles. The van der Waals surface area contributed by atoms with Gasteiger partial charge in [0.1, 0.15) is 6.54 Å². The fourth-order valence-corrected chi connectivity index (χ4v) is 3.91. The molecule has 2 aliphatic heterocycles. The number of imide groups is 1. The van der Waals surface area contributed by atoms with E-state index in [1.807, 2.05) is 0 Å². The summed E-state index contributed by atoms with van der Waals surface area (Å²) in [6.45, 7) is 3.07. The Hall–Kier alpha value is -3.05. The van der Waals surface area contributed by atoms with E-state index in [1.54, 1.807) is 30.0 Å². The molecule has 0 saturated carbocycles. The summed E-state index contributed by atoms with van der Waals surface area (Å²) in [5, 5.41) is -0.504. The number of carbonyl (C=O) groups is 4. The number of methoxy groups -OCH3 is 1. The Kier molecular flexibility index (Phi) is 8.12. The Balaban J connectivity index is 1.71. The minimum atomic E-state index is -0.536. The number of hydrogen-bond donors (Lipinski definition) is 0. The molecule has 2 fully saturated rings. The van der Waals surface area contributed by atoms with E-state index in [0.717, 1.165) is 16.7 Å². The lowest BCUT2D eigenvalue weighted by atomic mass is 10.2. The van der Waals surface area contributed by atoms with Crippen LogP contribution in [-0.2, 0) is 23.9 Å². The standard InChI is InChI=1S/C21H24N2O8S/c1-3-30-19(25)13-31-16-10-14(4-5-15(16)28-2)11-17-20(26)23(21(27)32-17)12-18(24)22-6-8-29-9-7-22/h4-5,10-11H,3,6-9,12-13H2,1-2H3/b17-11-. The molecular weight excluding hydrogens is 440 g/mol. The number of nitrogens with zero attached hydrogens (tertiary/aromatic N) is 2. The molecule has 0 aromatic heterocycles. The van der Waals surface area contributed by atoms with Gasteiger partial charge in [0.15, 0.2) is 18.1 Å². The number of carbonyl (C=O) groups excluding carboxylic acids is 4. The zero-order valence-electron chi connectivity index (χ0n) is 17.8. The summed E-state index contributed by atoms with van der Waals surface area (Å²) in [4.78, 5) is 51.8. The fraction of sp³-hybridized carbons (Fsp3) is 0.429. The molecule has 2 aliphatic rings. The van der Waals surface area contributed by atoms with E-state index in [0.29, 0.717) is 37.6 Å². The van der Waals surface area contributed by atoms with Crippen molar-refractivity contribution in [1.82, 2.24) is 9.80 Å². The molecule has 0 N–H and O–H groups in total. The average Bonchev–Trinajstić information content (AvgIpc) is 3.05. The quantitative estimate of drug-likeness (QED) is 0.418. The SMILES string of the molecule is CCOC(=O)COc1cc(/C=C2\SC(=O)N(CC(=O)N3CCOCC3)C2=O)ccc1OC. The summed E-state index contributed by atoms with van der Waals surface area (Å²) in [6.07, 6.45) is 1.53. The first-order valence-corrected chi connectivity index (χ1v) is 10.8. The van der Waals surface area contributed by atoms with Crippen LogP contribution in [-0.4, -0.2) is 86.0 Å². The predicted octanol–water partition coefficient (Wildman–Crippen LogP) is 1.53. The van der Waals surface area contributed by atoms with Crippen molar-refractivity contribution in [3.8, 4) is 11.5 Å². The van der Waals surface area contributed by atoms with Crippen LogP contribution >= 0.6 is 11.8 Å². The lowest BCUT2D eigenvalue weighted by Crippen LogP contribution is -2.46. The van der Waals surface area contributed by atoms with E-state index in [-0.39, 0.29) is 36.3 Å². The van der Waals surface area contributed by atoms with Crippen molar-refractivity contribution in [2.45, 2.75) is 6.92 Å². The van der Waals surface area contributed by atoms with E-state index in [9.17, 15) is 19.2 Å². The van der Waals surface area contributed by atoms with Crippen LogP contribution < -0.4 is 9.47 Å². The van der Waals surface area contributed by atoms with Gasteiger partial charge in [-0.2, -0.15) is 0 Å². The average molecular weight is 464 g/mol.